The molecule has 2 aromatic rings. The summed E-state index contributed by atoms with van der Waals surface area (Å²) in [6.07, 6.45) is -3.12. The summed E-state index contributed by atoms with van der Waals surface area (Å²) in [5.41, 5.74) is 1.62. The summed E-state index contributed by atoms with van der Waals surface area (Å²) in [4.78, 5) is 4.13. The Balaban J connectivity index is 1.97. The Morgan fingerprint density at radius 1 is 1.31 bits per heavy atom. The van der Waals surface area contributed by atoms with Crippen LogP contribution < -0.4 is 10.1 Å². The minimum absolute atomic E-state index is 0.0587. The Labute approximate surface area is 150 Å². The average molecular weight is 369 g/mol. The molecule has 2 heterocycles. The third-order valence-corrected chi connectivity index (χ3v) is 3.55. The van der Waals surface area contributed by atoms with Crippen LogP contribution in [0.25, 0.3) is 5.70 Å². The predicted octanol–water partition coefficient (Wildman–Crippen LogP) is 4.63. The van der Waals surface area contributed by atoms with Gasteiger partial charge in [0.15, 0.2) is 6.61 Å². The molecule has 0 aliphatic rings. The summed E-state index contributed by atoms with van der Waals surface area (Å²) in [7, 11) is 0. The van der Waals surface area contributed by atoms with E-state index in [-0.39, 0.29) is 17.2 Å². The number of nitrogens with one attached hydrogen (secondary N) is 1. The van der Waals surface area contributed by atoms with Gasteiger partial charge in [-0.1, -0.05) is 32.5 Å². The lowest BCUT2D eigenvalue weighted by atomic mass is 9.93. The first-order chi connectivity index (χ1) is 12.0. The monoisotopic (exact) mass is 369 g/mol. The lowest BCUT2D eigenvalue weighted by Gasteiger charge is -2.16. The molecule has 2 aromatic heterocycles. The van der Waals surface area contributed by atoms with Gasteiger partial charge in [0.25, 0.3) is 0 Å². The van der Waals surface area contributed by atoms with Crippen molar-refractivity contribution < 1.29 is 22.4 Å². The maximum Gasteiger partial charge on any atom is 0.422 e. The van der Waals surface area contributed by atoms with Crippen LogP contribution in [0.5, 0.6) is 5.75 Å². The molecule has 2 rings (SSSR count). The number of aromatic nitrogens is 2. The number of nitrogens with zero attached hydrogens (tertiary/aromatic N) is 2. The van der Waals surface area contributed by atoms with Crippen LogP contribution in [0.3, 0.4) is 0 Å². The van der Waals surface area contributed by atoms with Gasteiger partial charge < -0.3 is 14.6 Å². The third kappa shape index (κ3) is 5.50. The maximum absolute atomic E-state index is 12.2. The zero-order valence-electron chi connectivity index (χ0n) is 15.1. The first kappa shape index (κ1) is 19.8. The van der Waals surface area contributed by atoms with E-state index in [1.54, 1.807) is 6.07 Å². The normalized spacial score (nSPS) is 13.3. The van der Waals surface area contributed by atoms with Crippen LogP contribution >= 0.6 is 0 Å². The quantitative estimate of drug-likeness (QED) is 0.804. The zero-order chi connectivity index (χ0) is 19.5. The van der Waals surface area contributed by atoms with Gasteiger partial charge in [-0.2, -0.15) is 13.2 Å². The van der Waals surface area contributed by atoms with Gasteiger partial charge in [0.1, 0.15) is 17.2 Å². The van der Waals surface area contributed by atoms with Gasteiger partial charge in [-0.25, -0.2) is 0 Å². The van der Waals surface area contributed by atoms with Crippen LogP contribution in [0.4, 0.5) is 13.2 Å². The molecule has 0 amide bonds. The second kappa shape index (κ2) is 7.39. The highest BCUT2D eigenvalue weighted by atomic mass is 19.4. The summed E-state index contributed by atoms with van der Waals surface area (Å²) in [5.74, 6) is 0.802. The summed E-state index contributed by atoms with van der Waals surface area (Å²) in [5, 5.41) is 7.16. The van der Waals surface area contributed by atoms with E-state index in [1.165, 1.54) is 12.3 Å². The van der Waals surface area contributed by atoms with Gasteiger partial charge in [-0.15, -0.1) is 0 Å². The van der Waals surface area contributed by atoms with E-state index >= 15 is 0 Å². The second-order valence-electron chi connectivity index (χ2n) is 6.99. The van der Waals surface area contributed by atoms with Crippen molar-refractivity contribution in [1.29, 1.82) is 0 Å². The first-order valence-electron chi connectivity index (χ1n) is 8.04. The van der Waals surface area contributed by atoms with Crippen LogP contribution in [-0.4, -0.2) is 22.9 Å². The molecule has 8 heteroatoms. The average Bonchev–Trinajstić information content (AvgIpc) is 3.03. The van der Waals surface area contributed by atoms with E-state index < -0.39 is 12.8 Å². The first-order valence-corrected chi connectivity index (χ1v) is 8.04. The van der Waals surface area contributed by atoms with E-state index in [0.717, 1.165) is 5.76 Å². The van der Waals surface area contributed by atoms with Crippen molar-refractivity contribution in [2.24, 2.45) is 0 Å². The van der Waals surface area contributed by atoms with Crippen molar-refractivity contribution in [3.63, 3.8) is 0 Å². The molecule has 0 aliphatic carbocycles. The molecule has 1 N–H and O–H groups in total. The highest BCUT2D eigenvalue weighted by molar-refractivity contribution is 5.58. The molecule has 0 fully saturated rings. The Morgan fingerprint density at radius 3 is 2.50 bits per heavy atom. The molecule has 142 valence electrons. The van der Waals surface area contributed by atoms with Crippen LogP contribution in [-0.2, 0) is 5.41 Å². The molecule has 26 heavy (non-hydrogen) atoms. The largest absolute Gasteiger partial charge is 0.483 e. The van der Waals surface area contributed by atoms with Crippen molar-refractivity contribution in [3.8, 4) is 5.75 Å². The van der Waals surface area contributed by atoms with E-state index in [2.05, 4.69) is 26.8 Å². The molecule has 0 aliphatic heterocycles. The SMILES string of the molecule is C=C(N[C@H](C)c1ccc(OCC(F)(F)F)cn1)c1cc(C(C)(C)C)on1. The number of alkyl halides is 3. The zero-order valence-corrected chi connectivity index (χ0v) is 15.1. The Bertz CT molecular complexity index is 746. The van der Waals surface area contributed by atoms with Gasteiger partial charge in [0, 0.05) is 11.5 Å². The fraction of sp³-hybridized carbons (Fsp3) is 0.444. The summed E-state index contributed by atoms with van der Waals surface area (Å²) in [6.45, 7) is 10.5. The molecular formula is C18H22F3N3O2. The smallest absolute Gasteiger partial charge is 0.422 e. The van der Waals surface area contributed by atoms with Crippen LogP contribution in [0.2, 0.25) is 0 Å². The Morgan fingerprint density at radius 2 is 2.00 bits per heavy atom. The summed E-state index contributed by atoms with van der Waals surface area (Å²) < 4.78 is 46.4. The van der Waals surface area contributed by atoms with Crippen molar-refractivity contribution in [2.45, 2.75) is 45.3 Å². The fourth-order valence-electron chi connectivity index (χ4n) is 2.08. The number of halogens is 3. The van der Waals surface area contributed by atoms with Crippen LogP contribution in [0.1, 0.15) is 50.9 Å². The number of pyridine rings is 1. The number of hydrogen-bond acceptors (Lipinski definition) is 5. The van der Waals surface area contributed by atoms with E-state index in [1.807, 2.05) is 33.8 Å². The van der Waals surface area contributed by atoms with Crippen molar-refractivity contribution >= 4 is 5.70 Å². The molecule has 1 atom stereocenters. The van der Waals surface area contributed by atoms with Gasteiger partial charge in [-0.3, -0.25) is 4.98 Å². The van der Waals surface area contributed by atoms with Gasteiger partial charge in [0.2, 0.25) is 0 Å². The minimum atomic E-state index is -4.38. The number of rotatable bonds is 6. The molecule has 0 radical (unpaired) electrons. The van der Waals surface area contributed by atoms with Gasteiger partial charge in [0.05, 0.1) is 23.6 Å². The summed E-state index contributed by atoms with van der Waals surface area (Å²) in [6, 6.07) is 4.64. The highest BCUT2D eigenvalue weighted by Gasteiger charge is 2.28. The van der Waals surface area contributed by atoms with Crippen molar-refractivity contribution in [3.05, 3.63) is 48.1 Å². The summed E-state index contributed by atoms with van der Waals surface area (Å²) >= 11 is 0. The van der Waals surface area contributed by atoms with Crippen molar-refractivity contribution in [1.82, 2.24) is 15.5 Å². The van der Waals surface area contributed by atoms with E-state index in [4.69, 9.17) is 4.52 Å². The van der Waals surface area contributed by atoms with Gasteiger partial charge >= 0.3 is 6.18 Å². The minimum Gasteiger partial charge on any atom is -0.483 e. The molecular weight excluding hydrogens is 347 g/mol. The van der Waals surface area contributed by atoms with E-state index in [9.17, 15) is 13.2 Å². The number of hydrogen-bond donors (Lipinski definition) is 1. The Kier molecular flexibility index (Phi) is 5.63. The topological polar surface area (TPSA) is 60.2 Å². The predicted molar refractivity (Wildman–Crippen MR) is 91.6 cm³/mol. The molecule has 0 bridgehead atoms. The fourth-order valence-corrected chi connectivity index (χ4v) is 2.08. The lowest BCUT2D eigenvalue weighted by Crippen LogP contribution is -2.20. The molecule has 0 saturated heterocycles. The molecule has 0 spiro atoms. The second-order valence-corrected chi connectivity index (χ2v) is 6.99. The van der Waals surface area contributed by atoms with Crippen LogP contribution in [0, 0.1) is 0 Å². The lowest BCUT2D eigenvalue weighted by molar-refractivity contribution is -0.153. The molecule has 0 unspecified atom stereocenters. The van der Waals surface area contributed by atoms with Gasteiger partial charge in [-0.05, 0) is 19.1 Å². The maximum atomic E-state index is 12.2. The third-order valence-electron chi connectivity index (χ3n) is 3.55. The highest BCUT2D eigenvalue weighted by Crippen LogP contribution is 2.25. The van der Waals surface area contributed by atoms with E-state index in [0.29, 0.717) is 17.1 Å². The molecule has 5 nitrogen and oxygen atoms in total. The molecule has 0 aromatic carbocycles. The molecule has 0 saturated carbocycles. The van der Waals surface area contributed by atoms with Crippen molar-refractivity contribution in [2.75, 3.05) is 6.61 Å². The Hall–Kier alpha value is -2.51. The van der Waals surface area contributed by atoms with Crippen LogP contribution in [0.15, 0.2) is 35.5 Å². The standard InChI is InChI=1S/C18H22F3N3O2/c1-11(14-7-6-13(9-22-14)25-10-18(19,20)21)23-12(2)15-8-16(26-24-15)17(3,4)5/h6-9,11,23H,2,10H2,1,3-5H3/t11-/m1/s1. The number of ether oxygens (including phenoxy) is 1.